The maximum absolute atomic E-state index is 13.0. The van der Waals surface area contributed by atoms with E-state index in [9.17, 15) is 24.2 Å². The number of nitrogens with one attached hydrogen (secondary N) is 1. The summed E-state index contributed by atoms with van der Waals surface area (Å²) in [6.45, 7) is 7.45. The molecule has 2 aromatic rings. The fourth-order valence-corrected chi connectivity index (χ4v) is 4.12. The number of phenols is 2. The van der Waals surface area contributed by atoms with Crippen molar-refractivity contribution in [2.45, 2.75) is 32.7 Å². The topological polar surface area (TPSA) is 158 Å². The third-order valence-corrected chi connectivity index (χ3v) is 6.31. The lowest BCUT2D eigenvalue weighted by Gasteiger charge is -2.34. The minimum atomic E-state index is -1.15. The van der Waals surface area contributed by atoms with E-state index in [0.29, 0.717) is 29.9 Å². The molecule has 0 spiro atoms. The number of aromatic hydroxyl groups is 2. The quantitative estimate of drug-likeness (QED) is 0.137. The summed E-state index contributed by atoms with van der Waals surface area (Å²) in [7, 11) is 0. The molecule has 0 aromatic heterocycles. The van der Waals surface area contributed by atoms with Gasteiger partial charge in [0.1, 0.15) is 17.3 Å². The van der Waals surface area contributed by atoms with Crippen LogP contribution in [0.25, 0.3) is 0 Å². The predicted molar refractivity (Wildman–Crippen MR) is 144 cm³/mol. The second-order valence-corrected chi connectivity index (χ2v) is 9.46. The number of amides is 2. The highest BCUT2D eigenvalue weighted by atomic mass is 19.1. The second-order valence-electron chi connectivity index (χ2n) is 9.46. The molecule has 10 nitrogen and oxygen atoms in total. The standard InChI is InChI=1S/C27H35FN6O4/c1-17(2)20-13-21(24(36)14-23(20)35)26(29)32-19-5-3-18(4-6-19)16-33-9-11-34(12-10-33)25(37)7-8-31-15-22(28)27(30)38/h3-6,13-15,17,31,35-36H,7-12,16H2,1-2H3,(H2,29,32)(H2,30,38)/b22-15+. The Morgan fingerprint density at radius 3 is 2.34 bits per heavy atom. The number of nitrogens with two attached hydrogens (primary N) is 2. The number of phenolic OH excluding ortho intramolecular Hbond substituents is 2. The molecule has 11 heteroatoms. The van der Waals surface area contributed by atoms with Crippen LogP contribution in [0.2, 0.25) is 0 Å². The van der Waals surface area contributed by atoms with E-state index < -0.39 is 11.7 Å². The Kier molecular flexibility index (Phi) is 9.66. The highest BCUT2D eigenvalue weighted by molar-refractivity contribution is 6.01. The number of piperazine rings is 1. The number of nitrogens with zero attached hydrogens (tertiary/aromatic N) is 3. The molecule has 38 heavy (non-hydrogen) atoms. The summed E-state index contributed by atoms with van der Waals surface area (Å²) in [5.41, 5.74) is 13.7. The van der Waals surface area contributed by atoms with Crippen molar-refractivity contribution in [1.29, 1.82) is 0 Å². The molecule has 0 aliphatic carbocycles. The van der Waals surface area contributed by atoms with Gasteiger partial charge in [0.05, 0.1) is 11.3 Å². The van der Waals surface area contributed by atoms with Gasteiger partial charge in [-0.1, -0.05) is 26.0 Å². The second kappa shape index (κ2) is 12.9. The van der Waals surface area contributed by atoms with Gasteiger partial charge < -0.3 is 31.9 Å². The smallest absolute Gasteiger partial charge is 0.278 e. The summed E-state index contributed by atoms with van der Waals surface area (Å²) >= 11 is 0. The first-order chi connectivity index (χ1) is 18.0. The lowest BCUT2D eigenvalue weighted by atomic mass is 9.98. The van der Waals surface area contributed by atoms with Crippen LogP contribution < -0.4 is 16.8 Å². The van der Waals surface area contributed by atoms with E-state index in [-0.39, 0.29) is 42.1 Å². The molecular weight excluding hydrogens is 491 g/mol. The van der Waals surface area contributed by atoms with Crippen LogP contribution >= 0.6 is 0 Å². The monoisotopic (exact) mass is 526 g/mol. The Balaban J connectivity index is 1.50. The van der Waals surface area contributed by atoms with Crippen molar-refractivity contribution in [2.75, 3.05) is 32.7 Å². The highest BCUT2D eigenvalue weighted by Gasteiger charge is 2.21. The van der Waals surface area contributed by atoms with Crippen molar-refractivity contribution >= 4 is 23.3 Å². The number of hydrogen-bond donors (Lipinski definition) is 5. The zero-order valence-electron chi connectivity index (χ0n) is 21.7. The predicted octanol–water partition coefficient (Wildman–Crippen LogP) is 2.18. The minimum absolute atomic E-state index is 0.0202. The average Bonchev–Trinajstić information content (AvgIpc) is 2.87. The van der Waals surface area contributed by atoms with E-state index in [1.54, 1.807) is 11.0 Å². The third-order valence-electron chi connectivity index (χ3n) is 6.31. The Bertz CT molecular complexity index is 1200. The summed E-state index contributed by atoms with van der Waals surface area (Å²) in [5.74, 6) is -2.17. The van der Waals surface area contributed by atoms with E-state index in [4.69, 9.17) is 11.5 Å². The molecule has 0 atom stereocenters. The summed E-state index contributed by atoms with van der Waals surface area (Å²) in [6, 6.07) is 10.6. The molecule has 1 heterocycles. The summed E-state index contributed by atoms with van der Waals surface area (Å²) in [5, 5.41) is 22.9. The number of halogens is 1. The number of aliphatic imine (C=N–C) groups is 1. The number of primary amides is 1. The van der Waals surface area contributed by atoms with Gasteiger partial charge in [-0.05, 0) is 35.2 Å². The van der Waals surface area contributed by atoms with Crippen LogP contribution in [0.3, 0.4) is 0 Å². The molecule has 0 unspecified atom stereocenters. The summed E-state index contributed by atoms with van der Waals surface area (Å²) in [6.07, 6.45) is 1.06. The van der Waals surface area contributed by atoms with Gasteiger partial charge in [0, 0.05) is 58.0 Å². The molecule has 1 fully saturated rings. The molecule has 1 saturated heterocycles. The molecule has 2 aromatic carbocycles. The molecule has 1 aliphatic heterocycles. The van der Waals surface area contributed by atoms with Crippen LogP contribution in [0.1, 0.15) is 42.9 Å². The SMILES string of the molecule is CC(C)c1cc(C(N)=Nc2ccc(CN3CCN(C(=O)CCN/C=C(/F)C(N)=O)CC3)cc2)c(O)cc1O. The van der Waals surface area contributed by atoms with Crippen molar-refractivity contribution in [3.63, 3.8) is 0 Å². The molecule has 0 saturated carbocycles. The fraction of sp³-hybridized carbons (Fsp3) is 0.370. The third kappa shape index (κ3) is 7.69. The van der Waals surface area contributed by atoms with Gasteiger partial charge in [-0.25, -0.2) is 4.99 Å². The molecule has 0 bridgehead atoms. The maximum Gasteiger partial charge on any atom is 0.278 e. The van der Waals surface area contributed by atoms with Crippen LogP contribution in [0.5, 0.6) is 11.5 Å². The molecule has 1 aliphatic rings. The normalized spacial score (nSPS) is 15.1. The minimum Gasteiger partial charge on any atom is -0.508 e. The van der Waals surface area contributed by atoms with Gasteiger partial charge >= 0.3 is 0 Å². The Labute approximate surface area is 221 Å². The zero-order valence-corrected chi connectivity index (χ0v) is 21.7. The highest BCUT2D eigenvalue weighted by Crippen LogP contribution is 2.32. The molecule has 7 N–H and O–H groups in total. The van der Waals surface area contributed by atoms with Gasteiger partial charge in [0.15, 0.2) is 0 Å². The van der Waals surface area contributed by atoms with Crippen molar-refractivity contribution < 1.29 is 24.2 Å². The van der Waals surface area contributed by atoms with Crippen LogP contribution in [0.15, 0.2) is 53.4 Å². The van der Waals surface area contributed by atoms with Crippen LogP contribution in [0, 0.1) is 0 Å². The van der Waals surface area contributed by atoms with Gasteiger partial charge in [0.2, 0.25) is 11.7 Å². The Morgan fingerprint density at radius 1 is 1.08 bits per heavy atom. The first kappa shape index (κ1) is 28.5. The largest absolute Gasteiger partial charge is 0.508 e. The molecule has 0 radical (unpaired) electrons. The first-order valence-corrected chi connectivity index (χ1v) is 12.4. The van der Waals surface area contributed by atoms with Crippen LogP contribution in [0.4, 0.5) is 10.1 Å². The van der Waals surface area contributed by atoms with E-state index in [0.717, 1.165) is 31.4 Å². The van der Waals surface area contributed by atoms with E-state index >= 15 is 0 Å². The van der Waals surface area contributed by atoms with E-state index in [2.05, 4.69) is 15.2 Å². The number of carbonyl (C=O) groups is 2. The Hall–Kier alpha value is -4.12. The van der Waals surface area contributed by atoms with Gasteiger partial charge in [-0.15, -0.1) is 0 Å². The molecule has 2 amide bonds. The number of benzene rings is 2. The van der Waals surface area contributed by atoms with Crippen molar-refractivity contribution in [3.8, 4) is 11.5 Å². The van der Waals surface area contributed by atoms with E-state index in [1.165, 1.54) is 6.07 Å². The zero-order chi connectivity index (χ0) is 27.8. The average molecular weight is 527 g/mol. The molecule has 204 valence electrons. The summed E-state index contributed by atoms with van der Waals surface area (Å²) in [4.78, 5) is 31.5. The number of amidine groups is 1. The van der Waals surface area contributed by atoms with Gasteiger partial charge in [0.25, 0.3) is 5.91 Å². The first-order valence-electron chi connectivity index (χ1n) is 12.4. The van der Waals surface area contributed by atoms with Gasteiger partial charge in [-0.3, -0.25) is 14.5 Å². The lowest BCUT2D eigenvalue weighted by Crippen LogP contribution is -2.48. The van der Waals surface area contributed by atoms with Gasteiger partial charge in [-0.2, -0.15) is 4.39 Å². The molecular formula is C27H35FN6O4. The molecule has 3 rings (SSSR count). The summed E-state index contributed by atoms with van der Waals surface area (Å²) < 4.78 is 13.0. The number of rotatable bonds is 10. The Morgan fingerprint density at radius 2 is 1.74 bits per heavy atom. The van der Waals surface area contributed by atoms with E-state index in [1.807, 2.05) is 38.1 Å². The van der Waals surface area contributed by atoms with Crippen molar-refractivity contribution in [1.82, 2.24) is 15.1 Å². The van der Waals surface area contributed by atoms with Crippen molar-refractivity contribution in [3.05, 3.63) is 65.1 Å². The number of carbonyl (C=O) groups excluding carboxylic acids is 2. The van der Waals surface area contributed by atoms with Crippen LogP contribution in [-0.4, -0.2) is 70.4 Å². The maximum atomic E-state index is 13.0. The fourth-order valence-electron chi connectivity index (χ4n) is 4.12. The van der Waals surface area contributed by atoms with Crippen molar-refractivity contribution in [2.24, 2.45) is 16.5 Å². The van der Waals surface area contributed by atoms with Crippen LogP contribution in [-0.2, 0) is 16.1 Å². The number of hydrogen-bond acceptors (Lipinski definition) is 7. The lowest BCUT2D eigenvalue weighted by molar-refractivity contribution is -0.132.